The van der Waals surface area contributed by atoms with Gasteiger partial charge in [0.15, 0.2) is 5.16 Å². The Labute approximate surface area is 103 Å². The van der Waals surface area contributed by atoms with Gasteiger partial charge < -0.3 is 14.6 Å². The van der Waals surface area contributed by atoms with Crippen LogP contribution in [0.25, 0.3) is 0 Å². The van der Waals surface area contributed by atoms with Gasteiger partial charge in [-0.1, -0.05) is 11.8 Å². The summed E-state index contributed by atoms with van der Waals surface area (Å²) in [6.45, 7) is 3.16. The molecule has 6 nitrogen and oxygen atoms in total. The number of carboxylic acids is 1. The van der Waals surface area contributed by atoms with Gasteiger partial charge in [-0.15, -0.1) is 0 Å². The van der Waals surface area contributed by atoms with Crippen LogP contribution in [0, 0.1) is 0 Å². The molecule has 94 valence electrons. The first kappa shape index (κ1) is 13.6. The van der Waals surface area contributed by atoms with Crippen LogP contribution in [0.1, 0.15) is 13.8 Å². The fourth-order valence-electron chi connectivity index (χ4n) is 0.910. The molecule has 17 heavy (non-hydrogen) atoms. The van der Waals surface area contributed by atoms with E-state index in [0.29, 0.717) is 16.9 Å². The minimum atomic E-state index is -1.02. The monoisotopic (exact) mass is 258 g/mol. The molecule has 0 saturated heterocycles. The predicted octanol–water partition coefficient (Wildman–Crippen LogP) is 1.45. The first-order valence-corrected chi connectivity index (χ1v) is 5.60. The third-order valence-electron chi connectivity index (χ3n) is 1.94. The number of hydrogen-bond donors (Lipinski definition) is 1. The molecule has 0 bridgehead atoms. The highest BCUT2D eigenvalue weighted by Crippen LogP contribution is 2.32. The summed E-state index contributed by atoms with van der Waals surface area (Å²) in [7, 11) is 2.94. The van der Waals surface area contributed by atoms with Crippen molar-refractivity contribution < 1.29 is 19.4 Å². The molecule has 0 atom stereocenters. The summed E-state index contributed by atoms with van der Waals surface area (Å²) >= 11 is 1.03. The van der Waals surface area contributed by atoms with Crippen LogP contribution in [0.3, 0.4) is 0 Å². The van der Waals surface area contributed by atoms with Crippen molar-refractivity contribution in [3.05, 3.63) is 6.07 Å². The zero-order valence-corrected chi connectivity index (χ0v) is 10.9. The molecule has 7 heteroatoms. The van der Waals surface area contributed by atoms with Crippen molar-refractivity contribution in [1.29, 1.82) is 0 Å². The molecule has 0 aliphatic carbocycles. The maximum absolute atomic E-state index is 11.0. The number of methoxy groups -OCH3 is 2. The van der Waals surface area contributed by atoms with Gasteiger partial charge in [0.25, 0.3) is 0 Å². The van der Waals surface area contributed by atoms with Crippen molar-refractivity contribution in [1.82, 2.24) is 9.97 Å². The van der Waals surface area contributed by atoms with Crippen LogP contribution in [-0.4, -0.2) is 40.0 Å². The van der Waals surface area contributed by atoms with E-state index in [1.807, 2.05) is 0 Å². The number of carboxylic acid groups (broad SMARTS) is 1. The summed E-state index contributed by atoms with van der Waals surface area (Å²) in [5.74, 6) is -0.269. The van der Waals surface area contributed by atoms with Crippen LogP contribution in [-0.2, 0) is 4.79 Å². The molecule has 0 spiro atoms. The van der Waals surface area contributed by atoms with Gasteiger partial charge in [-0.2, -0.15) is 9.97 Å². The Kier molecular flexibility index (Phi) is 4.17. The van der Waals surface area contributed by atoms with Crippen molar-refractivity contribution in [2.45, 2.75) is 23.8 Å². The van der Waals surface area contributed by atoms with Gasteiger partial charge >= 0.3 is 5.97 Å². The molecule has 0 radical (unpaired) electrons. The van der Waals surface area contributed by atoms with E-state index in [9.17, 15) is 4.79 Å². The molecule has 0 aliphatic rings. The van der Waals surface area contributed by atoms with Gasteiger partial charge in [-0.25, -0.2) is 0 Å². The third kappa shape index (κ3) is 3.48. The number of hydrogen-bond acceptors (Lipinski definition) is 6. The van der Waals surface area contributed by atoms with Gasteiger partial charge in [0.1, 0.15) is 4.75 Å². The van der Waals surface area contributed by atoms with Crippen molar-refractivity contribution in [2.24, 2.45) is 0 Å². The van der Waals surface area contributed by atoms with E-state index < -0.39 is 10.7 Å². The van der Waals surface area contributed by atoms with Crippen LogP contribution in [0.5, 0.6) is 11.8 Å². The highest BCUT2D eigenvalue weighted by molar-refractivity contribution is 8.01. The Morgan fingerprint density at radius 3 is 2.12 bits per heavy atom. The number of aromatic nitrogens is 2. The maximum Gasteiger partial charge on any atom is 0.319 e. The number of ether oxygens (including phenoxy) is 2. The van der Waals surface area contributed by atoms with Crippen molar-refractivity contribution in [3.63, 3.8) is 0 Å². The molecule has 0 unspecified atom stereocenters. The van der Waals surface area contributed by atoms with Gasteiger partial charge in [-0.05, 0) is 13.8 Å². The van der Waals surface area contributed by atoms with Gasteiger partial charge in [0.2, 0.25) is 11.8 Å². The molecule has 0 fully saturated rings. The topological polar surface area (TPSA) is 81.5 Å². The van der Waals surface area contributed by atoms with E-state index in [1.165, 1.54) is 20.3 Å². The number of nitrogens with zero attached hydrogens (tertiary/aromatic N) is 2. The molecule has 1 aromatic heterocycles. The lowest BCUT2D eigenvalue weighted by atomic mass is 10.2. The molecule has 0 aliphatic heterocycles. The van der Waals surface area contributed by atoms with Crippen molar-refractivity contribution >= 4 is 17.7 Å². The first-order chi connectivity index (χ1) is 7.89. The van der Waals surface area contributed by atoms with Crippen LogP contribution < -0.4 is 9.47 Å². The Bertz CT molecular complexity index is 401. The van der Waals surface area contributed by atoms with Crippen LogP contribution in [0.15, 0.2) is 11.2 Å². The first-order valence-electron chi connectivity index (χ1n) is 4.78. The average Bonchev–Trinajstić information content (AvgIpc) is 2.27. The molecule has 1 rings (SSSR count). The summed E-state index contributed by atoms with van der Waals surface area (Å²) < 4.78 is 8.94. The lowest BCUT2D eigenvalue weighted by Gasteiger charge is -2.17. The number of aliphatic carboxylic acids is 1. The lowest BCUT2D eigenvalue weighted by Crippen LogP contribution is -2.27. The van der Waals surface area contributed by atoms with Crippen molar-refractivity contribution in [3.8, 4) is 11.8 Å². The molecule has 1 aromatic rings. The molecule has 0 aromatic carbocycles. The maximum atomic E-state index is 11.0. The summed E-state index contributed by atoms with van der Waals surface area (Å²) in [5, 5.41) is 9.32. The number of carbonyl (C=O) groups is 1. The largest absolute Gasteiger partial charge is 0.481 e. The van der Waals surface area contributed by atoms with E-state index in [0.717, 1.165) is 11.8 Å². The summed E-state index contributed by atoms with van der Waals surface area (Å²) in [6, 6.07) is 1.53. The number of rotatable bonds is 5. The second-order valence-corrected chi connectivity index (χ2v) is 5.24. The second-order valence-electron chi connectivity index (χ2n) is 3.65. The molecular formula is C10H14N2O4S. The fraction of sp³-hybridized carbons (Fsp3) is 0.500. The van der Waals surface area contributed by atoms with E-state index in [4.69, 9.17) is 14.6 Å². The van der Waals surface area contributed by atoms with Crippen LogP contribution in [0.4, 0.5) is 0 Å². The molecule has 0 saturated carbocycles. The molecule has 1 heterocycles. The zero-order chi connectivity index (χ0) is 13.1. The Morgan fingerprint density at radius 2 is 1.76 bits per heavy atom. The van der Waals surface area contributed by atoms with E-state index in [2.05, 4.69) is 9.97 Å². The Hall–Kier alpha value is -1.50. The zero-order valence-electron chi connectivity index (χ0n) is 10.1. The van der Waals surface area contributed by atoms with E-state index >= 15 is 0 Å². The Morgan fingerprint density at radius 1 is 1.29 bits per heavy atom. The normalized spacial score (nSPS) is 11.1. The SMILES string of the molecule is COc1cc(OC)nc(SC(C)(C)C(=O)O)n1. The minimum absolute atomic E-state index is 0.300. The van der Waals surface area contributed by atoms with E-state index in [1.54, 1.807) is 13.8 Å². The standard InChI is InChI=1S/C10H14N2O4S/c1-10(2,8(13)14)17-9-11-6(15-3)5-7(12-9)16-4/h5H,1-4H3,(H,13,14). The van der Waals surface area contributed by atoms with Crippen LogP contribution >= 0.6 is 11.8 Å². The summed E-state index contributed by atoms with van der Waals surface area (Å²) in [4.78, 5) is 19.1. The van der Waals surface area contributed by atoms with Gasteiger partial charge in [0, 0.05) is 0 Å². The second kappa shape index (κ2) is 5.22. The Balaban J connectivity index is 3.02. The lowest BCUT2D eigenvalue weighted by molar-refractivity contribution is -0.138. The smallest absolute Gasteiger partial charge is 0.319 e. The number of thioether (sulfide) groups is 1. The van der Waals surface area contributed by atoms with E-state index in [-0.39, 0.29) is 0 Å². The third-order valence-corrected chi connectivity index (χ3v) is 2.99. The highest BCUT2D eigenvalue weighted by Gasteiger charge is 2.30. The molecule has 1 N–H and O–H groups in total. The minimum Gasteiger partial charge on any atom is -0.481 e. The predicted molar refractivity (Wildman–Crippen MR) is 62.7 cm³/mol. The van der Waals surface area contributed by atoms with Gasteiger partial charge in [0.05, 0.1) is 20.3 Å². The molecule has 0 amide bonds. The summed E-state index contributed by atoms with van der Waals surface area (Å²) in [5.41, 5.74) is 0. The molecular weight excluding hydrogens is 244 g/mol. The average molecular weight is 258 g/mol. The fourth-order valence-corrected chi connectivity index (χ4v) is 1.73. The highest BCUT2D eigenvalue weighted by atomic mass is 32.2. The quantitative estimate of drug-likeness (QED) is 0.632. The van der Waals surface area contributed by atoms with Crippen molar-refractivity contribution in [2.75, 3.05) is 14.2 Å². The van der Waals surface area contributed by atoms with Gasteiger partial charge in [-0.3, -0.25) is 4.79 Å². The van der Waals surface area contributed by atoms with Crippen LogP contribution in [0.2, 0.25) is 0 Å². The summed E-state index contributed by atoms with van der Waals surface area (Å²) in [6.07, 6.45) is 0.